The van der Waals surface area contributed by atoms with E-state index < -0.39 is 5.95 Å². The first-order valence-electron chi connectivity index (χ1n) is 5.38. The van der Waals surface area contributed by atoms with Crippen LogP contribution in [-0.4, -0.2) is 21.1 Å². The van der Waals surface area contributed by atoms with E-state index >= 15 is 0 Å². The second-order valence-electron chi connectivity index (χ2n) is 3.76. The SMILES string of the molecule is CCC(=O)NCc1c(F)nc(C)c2cn[nH]c12. The Hall–Kier alpha value is -1.98. The van der Waals surface area contributed by atoms with Gasteiger partial charge in [-0.1, -0.05) is 6.92 Å². The maximum atomic E-state index is 13.7. The van der Waals surface area contributed by atoms with Crippen molar-refractivity contribution in [3.05, 3.63) is 23.4 Å². The number of nitrogens with one attached hydrogen (secondary N) is 2. The smallest absolute Gasteiger partial charge is 0.220 e. The molecule has 0 radical (unpaired) electrons. The number of carbonyl (C=O) groups is 1. The summed E-state index contributed by atoms with van der Waals surface area (Å²) >= 11 is 0. The summed E-state index contributed by atoms with van der Waals surface area (Å²) in [7, 11) is 0. The van der Waals surface area contributed by atoms with E-state index in [-0.39, 0.29) is 12.5 Å². The van der Waals surface area contributed by atoms with Crippen molar-refractivity contribution in [3.8, 4) is 0 Å². The van der Waals surface area contributed by atoms with Gasteiger partial charge in [0.1, 0.15) is 0 Å². The summed E-state index contributed by atoms with van der Waals surface area (Å²) in [6.45, 7) is 3.57. The third kappa shape index (κ3) is 2.11. The number of fused-ring (bicyclic) bond motifs is 1. The van der Waals surface area contributed by atoms with Crippen LogP contribution < -0.4 is 5.32 Å². The van der Waals surface area contributed by atoms with Crippen LogP contribution in [0.5, 0.6) is 0 Å². The molecule has 0 spiro atoms. The zero-order valence-electron chi connectivity index (χ0n) is 9.67. The highest BCUT2D eigenvalue weighted by molar-refractivity contribution is 5.83. The minimum absolute atomic E-state index is 0.116. The molecule has 1 amide bonds. The maximum Gasteiger partial charge on any atom is 0.220 e. The van der Waals surface area contributed by atoms with Gasteiger partial charge in [-0.05, 0) is 6.92 Å². The van der Waals surface area contributed by atoms with Gasteiger partial charge in [0.2, 0.25) is 11.9 Å². The number of amides is 1. The zero-order chi connectivity index (χ0) is 12.4. The summed E-state index contributed by atoms with van der Waals surface area (Å²) < 4.78 is 13.7. The molecule has 0 saturated carbocycles. The van der Waals surface area contributed by atoms with Crippen LogP contribution in [0.3, 0.4) is 0 Å². The van der Waals surface area contributed by atoms with E-state index in [9.17, 15) is 9.18 Å². The Labute approximate surface area is 97.4 Å². The van der Waals surface area contributed by atoms with Crippen LogP contribution in [0.25, 0.3) is 10.9 Å². The summed E-state index contributed by atoms with van der Waals surface area (Å²) in [5.74, 6) is -0.701. The first-order valence-corrected chi connectivity index (χ1v) is 5.38. The number of H-pyrrole nitrogens is 1. The molecule has 0 atom stereocenters. The second-order valence-corrected chi connectivity index (χ2v) is 3.76. The highest BCUT2D eigenvalue weighted by atomic mass is 19.1. The van der Waals surface area contributed by atoms with Crippen LogP contribution in [0.15, 0.2) is 6.20 Å². The molecule has 90 valence electrons. The second kappa shape index (κ2) is 4.48. The fraction of sp³-hybridized carbons (Fsp3) is 0.364. The Bertz CT molecular complexity index is 564. The molecule has 5 nitrogen and oxygen atoms in total. The van der Waals surface area contributed by atoms with Crippen molar-refractivity contribution in [1.29, 1.82) is 0 Å². The van der Waals surface area contributed by atoms with Crippen LogP contribution in [-0.2, 0) is 11.3 Å². The fourth-order valence-corrected chi connectivity index (χ4v) is 1.64. The average Bonchev–Trinajstić information content (AvgIpc) is 2.77. The first-order chi connectivity index (χ1) is 8.13. The predicted molar refractivity (Wildman–Crippen MR) is 60.7 cm³/mol. The minimum atomic E-state index is -0.573. The first kappa shape index (κ1) is 11.5. The van der Waals surface area contributed by atoms with Crippen LogP contribution >= 0.6 is 0 Å². The third-order valence-corrected chi connectivity index (χ3v) is 2.63. The molecule has 0 aliphatic rings. The number of carbonyl (C=O) groups excluding carboxylic acids is 1. The van der Waals surface area contributed by atoms with Gasteiger partial charge in [0, 0.05) is 18.4 Å². The lowest BCUT2D eigenvalue weighted by atomic mass is 10.1. The lowest BCUT2D eigenvalue weighted by Gasteiger charge is -2.07. The van der Waals surface area contributed by atoms with Gasteiger partial charge in [0.05, 0.1) is 23.0 Å². The summed E-state index contributed by atoms with van der Waals surface area (Å²) in [6, 6.07) is 0. The van der Waals surface area contributed by atoms with Gasteiger partial charge in [-0.25, -0.2) is 4.98 Å². The normalized spacial score (nSPS) is 10.8. The number of rotatable bonds is 3. The van der Waals surface area contributed by atoms with E-state index in [1.54, 1.807) is 20.0 Å². The molecule has 2 aromatic heterocycles. The van der Waals surface area contributed by atoms with Crippen LogP contribution in [0.2, 0.25) is 0 Å². The highest BCUT2D eigenvalue weighted by Crippen LogP contribution is 2.20. The largest absolute Gasteiger partial charge is 0.352 e. The molecule has 2 rings (SSSR count). The van der Waals surface area contributed by atoms with E-state index in [1.807, 2.05) is 0 Å². The number of pyridine rings is 1. The highest BCUT2D eigenvalue weighted by Gasteiger charge is 2.13. The van der Waals surface area contributed by atoms with Gasteiger partial charge < -0.3 is 5.32 Å². The standard InChI is InChI=1S/C11H13FN4O/c1-3-9(17)13-4-8-10-7(5-14-16-10)6(2)15-11(8)12/h5H,3-4H2,1-2H3,(H,13,17)(H,14,16). The van der Waals surface area contributed by atoms with Crippen molar-refractivity contribution >= 4 is 16.8 Å². The van der Waals surface area contributed by atoms with Gasteiger partial charge in [0.25, 0.3) is 0 Å². The van der Waals surface area contributed by atoms with Crippen molar-refractivity contribution in [3.63, 3.8) is 0 Å². The van der Waals surface area contributed by atoms with Gasteiger partial charge in [0.15, 0.2) is 0 Å². The summed E-state index contributed by atoms with van der Waals surface area (Å²) in [5, 5.41) is 9.99. The molecule has 0 aromatic carbocycles. The molecule has 0 aliphatic carbocycles. The van der Waals surface area contributed by atoms with Gasteiger partial charge in [-0.2, -0.15) is 9.49 Å². The molecule has 6 heteroatoms. The van der Waals surface area contributed by atoms with E-state index in [2.05, 4.69) is 20.5 Å². The van der Waals surface area contributed by atoms with Crippen molar-refractivity contribution in [2.75, 3.05) is 0 Å². The predicted octanol–water partition coefficient (Wildman–Crippen LogP) is 1.43. The molecule has 2 heterocycles. The number of hydrogen-bond donors (Lipinski definition) is 2. The third-order valence-electron chi connectivity index (χ3n) is 2.63. The summed E-state index contributed by atoms with van der Waals surface area (Å²) in [4.78, 5) is 15.0. The summed E-state index contributed by atoms with van der Waals surface area (Å²) in [5.41, 5.74) is 1.51. The number of hydrogen-bond acceptors (Lipinski definition) is 3. The Morgan fingerprint density at radius 2 is 2.35 bits per heavy atom. The van der Waals surface area contributed by atoms with Crippen LogP contribution in [0, 0.1) is 12.9 Å². The fourth-order valence-electron chi connectivity index (χ4n) is 1.64. The molecule has 2 aromatic rings. The van der Waals surface area contributed by atoms with E-state index in [0.717, 1.165) is 5.39 Å². The van der Waals surface area contributed by atoms with Crippen LogP contribution in [0.4, 0.5) is 4.39 Å². The molecule has 17 heavy (non-hydrogen) atoms. The molecule has 0 aliphatic heterocycles. The monoisotopic (exact) mass is 236 g/mol. The molecular formula is C11H13FN4O. The average molecular weight is 236 g/mol. The van der Waals surface area contributed by atoms with Gasteiger partial charge >= 0.3 is 0 Å². The van der Waals surface area contributed by atoms with Gasteiger partial charge in [-0.3, -0.25) is 9.89 Å². The number of aromatic amines is 1. The van der Waals surface area contributed by atoms with E-state index in [4.69, 9.17) is 0 Å². The number of nitrogens with zero attached hydrogens (tertiary/aromatic N) is 2. The summed E-state index contributed by atoms with van der Waals surface area (Å²) in [6.07, 6.45) is 1.97. The Kier molecular flexibility index (Phi) is 3.03. The van der Waals surface area contributed by atoms with Gasteiger partial charge in [-0.15, -0.1) is 0 Å². The molecule has 2 N–H and O–H groups in total. The number of aromatic nitrogens is 3. The topological polar surface area (TPSA) is 70.7 Å². The van der Waals surface area contributed by atoms with Crippen molar-refractivity contribution in [2.45, 2.75) is 26.8 Å². The Balaban J connectivity index is 2.39. The maximum absolute atomic E-state index is 13.7. The molecular weight excluding hydrogens is 223 g/mol. The Morgan fingerprint density at radius 1 is 1.59 bits per heavy atom. The van der Waals surface area contributed by atoms with Crippen molar-refractivity contribution in [1.82, 2.24) is 20.5 Å². The molecule has 0 fully saturated rings. The van der Waals surface area contributed by atoms with Crippen molar-refractivity contribution < 1.29 is 9.18 Å². The van der Waals surface area contributed by atoms with Crippen molar-refractivity contribution in [2.24, 2.45) is 0 Å². The molecule has 0 unspecified atom stereocenters. The van der Waals surface area contributed by atoms with E-state index in [0.29, 0.717) is 23.2 Å². The van der Waals surface area contributed by atoms with E-state index in [1.165, 1.54) is 0 Å². The quantitative estimate of drug-likeness (QED) is 0.792. The Morgan fingerprint density at radius 3 is 3.06 bits per heavy atom. The zero-order valence-corrected chi connectivity index (χ0v) is 9.67. The number of aryl methyl sites for hydroxylation is 1. The minimum Gasteiger partial charge on any atom is -0.352 e. The van der Waals surface area contributed by atoms with Crippen LogP contribution in [0.1, 0.15) is 24.6 Å². The number of halogens is 1. The lowest BCUT2D eigenvalue weighted by Crippen LogP contribution is -2.22. The molecule has 0 saturated heterocycles. The molecule has 0 bridgehead atoms. The lowest BCUT2D eigenvalue weighted by molar-refractivity contribution is -0.120.